The number of para-hydroxylation sites is 1. The zero-order valence-corrected chi connectivity index (χ0v) is 18.6. The number of aryl methyl sites for hydroxylation is 1. The highest BCUT2D eigenvalue weighted by atomic mass is 19.4. The van der Waals surface area contributed by atoms with E-state index in [2.05, 4.69) is 41.2 Å². The van der Waals surface area contributed by atoms with Gasteiger partial charge in [-0.1, -0.05) is 17.7 Å². The number of anilines is 1. The van der Waals surface area contributed by atoms with Crippen molar-refractivity contribution in [2.75, 3.05) is 38.2 Å². The lowest BCUT2D eigenvalue weighted by atomic mass is 9.99. The maximum atomic E-state index is 12.8. The van der Waals surface area contributed by atoms with E-state index in [4.69, 9.17) is 4.74 Å². The first kappa shape index (κ1) is 23.1. The van der Waals surface area contributed by atoms with Gasteiger partial charge >= 0.3 is 6.36 Å². The Bertz CT molecular complexity index is 1240. The number of carbonyl (C=O) groups is 1. The van der Waals surface area contributed by atoms with E-state index < -0.39 is 18.0 Å². The molecule has 1 saturated heterocycles. The van der Waals surface area contributed by atoms with Crippen molar-refractivity contribution in [3.63, 3.8) is 0 Å². The van der Waals surface area contributed by atoms with E-state index in [-0.39, 0.29) is 11.3 Å². The van der Waals surface area contributed by atoms with Gasteiger partial charge in [0.2, 0.25) is 0 Å². The number of carbonyl (C=O) groups excluding carboxylic acids is 1. The predicted octanol–water partition coefficient (Wildman–Crippen LogP) is 3.61. The minimum Gasteiger partial charge on any atom is -0.405 e. The summed E-state index contributed by atoms with van der Waals surface area (Å²) >= 11 is 0. The van der Waals surface area contributed by atoms with Crippen LogP contribution in [0, 0.1) is 0 Å². The van der Waals surface area contributed by atoms with Gasteiger partial charge in [0.05, 0.1) is 30.2 Å². The molecule has 2 aliphatic rings. The monoisotopic (exact) mass is 488 g/mol. The lowest BCUT2D eigenvalue weighted by molar-refractivity contribution is -0.274. The quantitative estimate of drug-likeness (QED) is 0.489. The molecule has 0 atom stereocenters. The number of nitrogens with zero attached hydrogens (tertiary/aromatic N) is 3. The summed E-state index contributed by atoms with van der Waals surface area (Å²) in [4.78, 5) is 23.1. The van der Waals surface area contributed by atoms with Crippen LogP contribution < -0.4 is 10.1 Å². The van der Waals surface area contributed by atoms with Gasteiger partial charge in [-0.05, 0) is 31.1 Å². The molecular weight excluding hydrogens is 465 g/mol. The van der Waals surface area contributed by atoms with Gasteiger partial charge in [-0.2, -0.15) is 5.10 Å². The number of hydrogen-bond acceptors (Lipinski definition) is 6. The number of hydrogen-bond donors (Lipinski definition) is 3. The summed E-state index contributed by atoms with van der Waals surface area (Å²) in [6.45, 7) is 4.16. The van der Waals surface area contributed by atoms with Crippen molar-refractivity contribution in [1.29, 1.82) is 0 Å². The number of halogens is 3. The zero-order chi connectivity index (χ0) is 24.4. The SMILES string of the molecule is O=C(Nc1c[nH]nc1-c1nc2c([nH]1)CCC(CN1CCOCC1)=C2)c1ccccc1OC(F)(F)F. The third-order valence-corrected chi connectivity index (χ3v) is 5.85. The van der Waals surface area contributed by atoms with Crippen LogP contribution in [0.5, 0.6) is 5.75 Å². The molecule has 1 aliphatic heterocycles. The number of ether oxygens (including phenoxy) is 2. The average Bonchev–Trinajstić information content (AvgIpc) is 3.45. The van der Waals surface area contributed by atoms with E-state index in [0.29, 0.717) is 11.5 Å². The van der Waals surface area contributed by atoms with E-state index in [1.54, 1.807) is 0 Å². The van der Waals surface area contributed by atoms with Crippen molar-refractivity contribution >= 4 is 17.7 Å². The maximum Gasteiger partial charge on any atom is 0.573 e. The van der Waals surface area contributed by atoms with Crippen LogP contribution in [0.2, 0.25) is 0 Å². The van der Waals surface area contributed by atoms with Gasteiger partial charge in [0.25, 0.3) is 5.91 Å². The van der Waals surface area contributed by atoms with Crippen molar-refractivity contribution in [2.24, 2.45) is 0 Å². The van der Waals surface area contributed by atoms with E-state index >= 15 is 0 Å². The highest BCUT2D eigenvalue weighted by molar-refractivity contribution is 6.07. The molecule has 1 amide bonds. The molecule has 0 unspecified atom stereocenters. The fraction of sp³-hybridized carbons (Fsp3) is 0.348. The van der Waals surface area contributed by atoms with Crippen molar-refractivity contribution in [3.05, 3.63) is 53.0 Å². The second kappa shape index (κ2) is 9.55. The van der Waals surface area contributed by atoms with Gasteiger partial charge in [0.1, 0.15) is 5.75 Å². The number of amides is 1. The molecular formula is C23H23F3N6O3. The molecule has 1 fully saturated rings. The van der Waals surface area contributed by atoms with Gasteiger partial charge in [-0.3, -0.25) is 14.8 Å². The van der Waals surface area contributed by atoms with Crippen LogP contribution in [0.25, 0.3) is 17.6 Å². The Balaban J connectivity index is 1.33. The molecule has 1 aliphatic carbocycles. The number of aromatic nitrogens is 4. The standard InChI is InChI=1S/C23H23F3N6O3/c24-23(25,26)35-19-4-2-1-3-15(19)22(33)30-18-12-27-31-20(18)21-28-16-6-5-14(11-17(16)29-21)13-32-7-9-34-10-8-32/h1-4,11-12H,5-10,13H2,(H,27,31)(H,28,29)(H,30,33). The molecule has 1 aromatic carbocycles. The predicted molar refractivity (Wildman–Crippen MR) is 121 cm³/mol. The Morgan fingerprint density at radius 2 is 2.00 bits per heavy atom. The van der Waals surface area contributed by atoms with E-state index in [0.717, 1.165) is 63.1 Å². The van der Waals surface area contributed by atoms with Crippen LogP contribution in [0.1, 0.15) is 28.2 Å². The first-order valence-electron chi connectivity index (χ1n) is 11.1. The van der Waals surface area contributed by atoms with Gasteiger partial charge in [0.15, 0.2) is 11.5 Å². The number of fused-ring (bicyclic) bond motifs is 1. The third-order valence-electron chi connectivity index (χ3n) is 5.85. The smallest absolute Gasteiger partial charge is 0.405 e. The van der Waals surface area contributed by atoms with E-state index in [1.165, 1.54) is 30.0 Å². The summed E-state index contributed by atoms with van der Waals surface area (Å²) in [6.07, 6.45) is 0.309. The highest BCUT2D eigenvalue weighted by Gasteiger charge is 2.33. The number of alkyl halides is 3. The van der Waals surface area contributed by atoms with Crippen molar-refractivity contribution in [2.45, 2.75) is 19.2 Å². The average molecular weight is 488 g/mol. The first-order valence-corrected chi connectivity index (χ1v) is 11.1. The molecule has 12 heteroatoms. The Kier molecular flexibility index (Phi) is 6.31. The van der Waals surface area contributed by atoms with Gasteiger partial charge in [-0.25, -0.2) is 4.98 Å². The molecule has 2 aromatic heterocycles. The molecule has 5 rings (SSSR count). The Labute approximate surface area is 198 Å². The molecule has 9 nitrogen and oxygen atoms in total. The number of H-pyrrole nitrogens is 2. The normalized spacial score (nSPS) is 16.5. The Morgan fingerprint density at radius 1 is 1.20 bits per heavy atom. The summed E-state index contributed by atoms with van der Waals surface area (Å²) in [5.74, 6) is -0.902. The van der Waals surface area contributed by atoms with Crippen LogP contribution in [0.3, 0.4) is 0 Å². The molecule has 3 N–H and O–H groups in total. The lowest BCUT2D eigenvalue weighted by Gasteiger charge is -2.28. The summed E-state index contributed by atoms with van der Waals surface area (Å²) in [7, 11) is 0. The fourth-order valence-electron chi connectivity index (χ4n) is 4.19. The molecule has 0 bridgehead atoms. The molecule has 3 aromatic rings. The number of benzene rings is 1. The van der Waals surface area contributed by atoms with Crippen LogP contribution in [-0.2, 0) is 11.2 Å². The molecule has 0 saturated carbocycles. The number of rotatable bonds is 6. The van der Waals surface area contributed by atoms with Crippen LogP contribution >= 0.6 is 0 Å². The third kappa shape index (κ3) is 5.38. The maximum absolute atomic E-state index is 12.8. The Morgan fingerprint density at radius 3 is 2.80 bits per heavy atom. The first-order chi connectivity index (χ1) is 16.9. The topological polar surface area (TPSA) is 108 Å². The number of imidazole rings is 1. The second-order valence-corrected chi connectivity index (χ2v) is 8.29. The summed E-state index contributed by atoms with van der Waals surface area (Å²) in [6, 6.07) is 5.15. The summed E-state index contributed by atoms with van der Waals surface area (Å²) in [5, 5.41) is 9.46. The van der Waals surface area contributed by atoms with Crippen LogP contribution in [0.4, 0.5) is 18.9 Å². The number of nitrogens with one attached hydrogen (secondary N) is 3. The zero-order valence-electron chi connectivity index (χ0n) is 18.6. The van der Waals surface area contributed by atoms with Gasteiger partial charge in [-0.15, -0.1) is 13.2 Å². The van der Waals surface area contributed by atoms with E-state index in [1.807, 2.05) is 0 Å². The second-order valence-electron chi connectivity index (χ2n) is 8.29. The van der Waals surface area contributed by atoms with Crippen LogP contribution in [0.15, 0.2) is 36.0 Å². The Hall–Kier alpha value is -3.64. The van der Waals surface area contributed by atoms with Gasteiger partial charge in [0, 0.05) is 31.5 Å². The fourth-order valence-corrected chi connectivity index (χ4v) is 4.19. The number of aromatic amines is 2. The lowest BCUT2D eigenvalue weighted by Crippen LogP contribution is -2.37. The van der Waals surface area contributed by atoms with Gasteiger partial charge < -0.3 is 19.8 Å². The molecule has 3 heterocycles. The van der Waals surface area contributed by atoms with E-state index in [9.17, 15) is 18.0 Å². The van der Waals surface area contributed by atoms with Crippen molar-refractivity contribution in [1.82, 2.24) is 25.1 Å². The van der Waals surface area contributed by atoms with Crippen molar-refractivity contribution in [3.8, 4) is 17.3 Å². The molecule has 0 spiro atoms. The highest BCUT2D eigenvalue weighted by Crippen LogP contribution is 2.31. The number of morpholine rings is 1. The minimum atomic E-state index is -4.92. The minimum absolute atomic E-state index is 0.258. The largest absolute Gasteiger partial charge is 0.573 e. The van der Waals surface area contributed by atoms with Crippen molar-refractivity contribution < 1.29 is 27.4 Å². The summed E-state index contributed by atoms with van der Waals surface area (Å²) < 4.78 is 47.6. The molecule has 35 heavy (non-hydrogen) atoms. The van der Waals surface area contributed by atoms with Crippen LogP contribution in [-0.4, -0.2) is 70.2 Å². The molecule has 0 radical (unpaired) electrons. The summed E-state index contributed by atoms with van der Waals surface area (Å²) in [5.41, 5.74) is 3.44. The molecule has 184 valence electrons.